The lowest BCUT2D eigenvalue weighted by Crippen LogP contribution is -2.64. The molecule has 154 valence electrons. The van der Waals surface area contributed by atoms with Crippen molar-refractivity contribution >= 4 is 23.2 Å². The van der Waals surface area contributed by atoms with E-state index < -0.39 is 17.6 Å². The number of aromatic nitrogens is 1. The number of carbonyl (C=O) groups is 2. The Bertz CT molecular complexity index is 889. The van der Waals surface area contributed by atoms with Gasteiger partial charge in [-0.05, 0) is 12.1 Å². The van der Waals surface area contributed by atoms with Gasteiger partial charge < -0.3 is 9.80 Å². The van der Waals surface area contributed by atoms with Gasteiger partial charge in [0.15, 0.2) is 5.01 Å². The second-order valence-electron chi connectivity index (χ2n) is 7.07. The molecular weight excluding hydrogens is 405 g/mol. The third kappa shape index (κ3) is 3.99. The maximum atomic E-state index is 13.2. The fourth-order valence-corrected chi connectivity index (χ4v) is 4.30. The second-order valence-corrected chi connectivity index (χ2v) is 7.97. The highest BCUT2D eigenvalue weighted by Crippen LogP contribution is 2.32. The highest BCUT2D eigenvalue weighted by atomic mass is 32.1. The third-order valence-corrected chi connectivity index (χ3v) is 6.11. The number of likely N-dealkylation sites (tertiary alicyclic amines) is 1. The molecule has 0 N–H and O–H groups in total. The number of nitrogens with zero attached hydrogens (tertiary/aromatic N) is 4. The summed E-state index contributed by atoms with van der Waals surface area (Å²) in [6.07, 6.45) is -2.96. The van der Waals surface area contributed by atoms with Crippen LogP contribution in [-0.2, 0) is 6.18 Å². The number of halogens is 3. The standard InChI is InChI=1S/C19H19F3N4O2S/c20-19(21,22)15-4-2-1-3-14(15)17(27)25-8-6-24(7-9-25)13-11-26(12-13)18(28)16-23-5-10-29-16/h1-5,10,13H,6-9,11-12H2. The molecule has 1 aromatic carbocycles. The minimum Gasteiger partial charge on any atom is -0.336 e. The van der Waals surface area contributed by atoms with Crippen LogP contribution >= 0.6 is 11.3 Å². The summed E-state index contributed by atoms with van der Waals surface area (Å²) in [6.45, 7) is 3.07. The van der Waals surface area contributed by atoms with E-state index in [0.29, 0.717) is 44.3 Å². The normalized spacial score (nSPS) is 18.6. The van der Waals surface area contributed by atoms with Gasteiger partial charge in [-0.1, -0.05) is 12.1 Å². The highest BCUT2D eigenvalue weighted by Gasteiger charge is 2.39. The van der Waals surface area contributed by atoms with Crippen LogP contribution in [0.25, 0.3) is 0 Å². The molecule has 2 fully saturated rings. The van der Waals surface area contributed by atoms with Gasteiger partial charge in [-0.25, -0.2) is 4.98 Å². The number of carbonyl (C=O) groups excluding carboxylic acids is 2. The van der Waals surface area contributed by atoms with Crippen LogP contribution in [0.3, 0.4) is 0 Å². The van der Waals surface area contributed by atoms with Crippen LogP contribution in [-0.4, -0.2) is 76.8 Å². The number of amides is 2. The monoisotopic (exact) mass is 424 g/mol. The predicted molar refractivity (Wildman–Crippen MR) is 101 cm³/mol. The number of thiazole rings is 1. The van der Waals surface area contributed by atoms with Crippen LogP contribution in [0.5, 0.6) is 0 Å². The molecule has 0 aliphatic carbocycles. The first kappa shape index (κ1) is 19.8. The van der Waals surface area contributed by atoms with Gasteiger partial charge in [0.05, 0.1) is 11.1 Å². The van der Waals surface area contributed by atoms with E-state index in [1.165, 1.54) is 34.4 Å². The zero-order valence-corrected chi connectivity index (χ0v) is 16.2. The zero-order valence-electron chi connectivity index (χ0n) is 15.4. The second kappa shape index (κ2) is 7.75. The molecule has 3 heterocycles. The van der Waals surface area contributed by atoms with E-state index >= 15 is 0 Å². The van der Waals surface area contributed by atoms with Crippen molar-refractivity contribution in [2.24, 2.45) is 0 Å². The number of benzene rings is 1. The van der Waals surface area contributed by atoms with Gasteiger partial charge in [0.1, 0.15) is 0 Å². The van der Waals surface area contributed by atoms with Crippen LogP contribution in [0.15, 0.2) is 35.8 Å². The van der Waals surface area contributed by atoms with Crippen molar-refractivity contribution in [1.82, 2.24) is 19.7 Å². The lowest BCUT2D eigenvalue weighted by atomic mass is 10.0. The summed E-state index contributed by atoms with van der Waals surface area (Å²) in [4.78, 5) is 34.3. The molecule has 0 unspecified atom stereocenters. The Balaban J connectivity index is 1.32. The van der Waals surface area contributed by atoms with Gasteiger partial charge in [-0.2, -0.15) is 13.2 Å². The van der Waals surface area contributed by atoms with Gasteiger partial charge in [-0.15, -0.1) is 11.3 Å². The molecule has 4 rings (SSSR count). The van der Waals surface area contributed by atoms with Crippen LogP contribution in [0.2, 0.25) is 0 Å². The van der Waals surface area contributed by atoms with Gasteiger partial charge in [0.25, 0.3) is 11.8 Å². The van der Waals surface area contributed by atoms with Gasteiger partial charge >= 0.3 is 6.18 Å². The Morgan fingerprint density at radius 3 is 2.31 bits per heavy atom. The van der Waals surface area contributed by atoms with E-state index in [1.807, 2.05) is 0 Å². The lowest BCUT2D eigenvalue weighted by Gasteiger charge is -2.47. The predicted octanol–water partition coefficient (Wildman–Crippen LogP) is 2.44. The number of alkyl halides is 3. The molecule has 1 aromatic heterocycles. The number of piperazine rings is 1. The third-order valence-electron chi connectivity index (χ3n) is 5.35. The molecule has 2 amide bonds. The molecule has 2 aromatic rings. The van der Waals surface area contributed by atoms with Crippen LogP contribution in [0.4, 0.5) is 13.2 Å². The molecule has 0 saturated carbocycles. The minimum absolute atomic E-state index is 0.0752. The molecule has 2 aliphatic heterocycles. The highest BCUT2D eigenvalue weighted by molar-refractivity contribution is 7.11. The zero-order chi connectivity index (χ0) is 20.6. The van der Waals surface area contributed by atoms with Crippen molar-refractivity contribution in [2.45, 2.75) is 12.2 Å². The van der Waals surface area contributed by atoms with Crippen molar-refractivity contribution in [2.75, 3.05) is 39.3 Å². The van der Waals surface area contributed by atoms with E-state index in [2.05, 4.69) is 9.88 Å². The molecule has 6 nitrogen and oxygen atoms in total. The summed E-state index contributed by atoms with van der Waals surface area (Å²) in [5, 5.41) is 2.24. The van der Waals surface area contributed by atoms with Crippen LogP contribution in [0, 0.1) is 0 Å². The first-order valence-electron chi connectivity index (χ1n) is 9.23. The van der Waals surface area contributed by atoms with E-state index in [1.54, 1.807) is 16.5 Å². The Kier molecular flexibility index (Phi) is 5.30. The van der Waals surface area contributed by atoms with E-state index in [0.717, 1.165) is 6.07 Å². The SMILES string of the molecule is O=C(c1nccs1)N1CC(N2CCN(C(=O)c3ccccc3C(F)(F)F)CC2)C1. The van der Waals surface area contributed by atoms with E-state index in [-0.39, 0.29) is 17.5 Å². The molecule has 2 aliphatic rings. The summed E-state index contributed by atoms with van der Waals surface area (Å²) in [7, 11) is 0. The molecule has 10 heteroatoms. The average Bonchev–Trinajstić information content (AvgIpc) is 3.21. The topological polar surface area (TPSA) is 56.8 Å². The molecular formula is C19H19F3N4O2S. The Labute approximate surface area is 169 Å². The van der Waals surface area contributed by atoms with Gasteiger partial charge in [0, 0.05) is 56.9 Å². The lowest BCUT2D eigenvalue weighted by molar-refractivity contribution is -0.138. The van der Waals surface area contributed by atoms with Gasteiger partial charge in [-0.3, -0.25) is 14.5 Å². The Hall–Kier alpha value is -2.46. The summed E-state index contributed by atoms with van der Waals surface area (Å²) in [5.41, 5.74) is -1.21. The quantitative estimate of drug-likeness (QED) is 0.760. The fraction of sp³-hybridized carbons (Fsp3) is 0.421. The number of rotatable bonds is 3. The Morgan fingerprint density at radius 1 is 1.00 bits per heavy atom. The fourth-order valence-electron chi connectivity index (χ4n) is 3.69. The van der Waals surface area contributed by atoms with Crippen LogP contribution in [0.1, 0.15) is 25.7 Å². The molecule has 0 radical (unpaired) electrons. The van der Waals surface area contributed by atoms with E-state index in [4.69, 9.17) is 0 Å². The Morgan fingerprint density at radius 2 is 1.69 bits per heavy atom. The van der Waals surface area contributed by atoms with Crippen molar-refractivity contribution in [3.05, 3.63) is 52.0 Å². The summed E-state index contributed by atoms with van der Waals surface area (Å²) < 4.78 is 39.6. The maximum absolute atomic E-state index is 13.2. The molecule has 0 spiro atoms. The molecule has 2 saturated heterocycles. The average molecular weight is 424 g/mol. The van der Waals surface area contributed by atoms with Gasteiger partial charge in [0.2, 0.25) is 0 Å². The first-order valence-corrected chi connectivity index (χ1v) is 10.1. The smallest absolute Gasteiger partial charge is 0.336 e. The summed E-state index contributed by atoms with van der Waals surface area (Å²) in [5.74, 6) is -0.666. The van der Waals surface area contributed by atoms with Crippen LogP contribution < -0.4 is 0 Å². The molecule has 29 heavy (non-hydrogen) atoms. The number of hydrogen-bond donors (Lipinski definition) is 0. The largest absolute Gasteiger partial charge is 0.417 e. The summed E-state index contributed by atoms with van der Waals surface area (Å²) in [6, 6.07) is 5.10. The first-order chi connectivity index (χ1) is 13.8. The van der Waals surface area contributed by atoms with Crippen molar-refractivity contribution in [1.29, 1.82) is 0 Å². The van der Waals surface area contributed by atoms with Crippen molar-refractivity contribution < 1.29 is 22.8 Å². The van der Waals surface area contributed by atoms with Crippen molar-refractivity contribution in [3.63, 3.8) is 0 Å². The molecule has 0 bridgehead atoms. The summed E-state index contributed by atoms with van der Waals surface area (Å²) >= 11 is 1.31. The molecule has 0 atom stereocenters. The number of hydrogen-bond acceptors (Lipinski definition) is 5. The van der Waals surface area contributed by atoms with Crippen molar-refractivity contribution in [3.8, 4) is 0 Å². The van der Waals surface area contributed by atoms with E-state index in [9.17, 15) is 22.8 Å². The maximum Gasteiger partial charge on any atom is 0.417 e. The minimum atomic E-state index is -4.56.